The summed E-state index contributed by atoms with van der Waals surface area (Å²) in [4.78, 5) is 12.3. The van der Waals surface area contributed by atoms with E-state index in [9.17, 15) is 4.79 Å². The number of amides is 1. The molecule has 0 unspecified atom stereocenters. The highest BCUT2D eigenvalue weighted by Crippen LogP contribution is 2.18. The van der Waals surface area contributed by atoms with E-state index in [1.165, 1.54) is 5.56 Å². The van der Waals surface area contributed by atoms with Crippen LogP contribution in [0.25, 0.3) is 0 Å². The Balaban J connectivity index is 1.92. The molecular formula is C20H29N5OS. The summed E-state index contributed by atoms with van der Waals surface area (Å²) in [5, 5.41) is 8.01. The van der Waals surface area contributed by atoms with Crippen LogP contribution in [0, 0.1) is 33.6 Å². The van der Waals surface area contributed by atoms with E-state index < -0.39 is 0 Å². The third-order valence-electron chi connectivity index (χ3n) is 4.58. The van der Waals surface area contributed by atoms with Crippen LogP contribution in [0.4, 0.5) is 5.69 Å². The van der Waals surface area contributed by atoms with Gasteiger partial charge < -0.3 is 5.32 Å². The number of anilines is 1. The van der Waals surface area contributed by atoms with Crippen molar-refractivity contribution in [1.82, 2.24) is 20.6 Å². The molecule has 0 aliphatic rings. The van der Waals surface area contributed by atoms with Crippen LogP contribution >= 0.6 is 12.2 Å². The Bertz CT molecular complexity index is 841. The molecule has 2 rings (SSSR count). The lowest BCUT2D eigenvalue weighted by Gasteiger charge is -2.14. The molecule has 27 heavy (non-hydrogen) atoms. The largest absolute Gasteiger partial charge is 0.331 e. The molecule has 0 saturated heterocycles. The smallest absolute Gasteiger partial charge is 0.242 e. The van der Waals surface area contributed by atoms with Gasteiger partial charge in [0.05, 0.1) is 12.1 Å². The number of nitrogens with zero attached hydrogens (tertiary/aromatic N) is 2. The van der Waals surface area contributed by atoms with Gasteiger partial charge in [0.2, 0.25) is 5.91 Å². The summed E-state index contributed by atoms with van der Waals surface area (Å²) in [6.45, 7) is 13.2. The van der Waals surface area contributed by atoms with Crippen LogP contribution in [0.1, 0.15) is 41.9 Å². The molecule has 3 N–H and O–H groups in total. The number of rotatable bonds is 5. The highest BCUT2D eigenvalue weighted by molar-refractivity contribution is 7.80. The number of hydrazine groups is 1. The van der Waals surface area contributed by atoms with Gasteiger partial charge in [-0.3, -0.25) is 20.3 Å². The third-order valence-corrected chi connectivity index (χ3v) is 4.78. The second kappa shape index (κ2) is 8.99. The molecule has 0 saturated carbocycles. The molecule has 1 aromatic carbocycles. The van der Waals surface area contributed by atoms with Crippen LogP contribution in [-0.2, 0) is 17.8 Å². The second-order valence-corrected chi connectivity index (χ2v) is 7.69. The predicted octanol–water partition coefficient (Wildman–Crippen LogP) is 3.33. The number of nitrogens with one attached hydrogen (secondary N) is 3. The van der Waals surface area contributed by atoms with Crippen LogP contribution in [0.3, 0.4) is 0 Å². The lowest BCUT2D eigenvalue weighted by molar-refractivity contribution is -0.121. The summed E-state index contributed by atoms with van der Waals surface area (Å²) >= 11 is 5.27. The zero-order valence-corrected chi connectivity index (χ0v) is 17.8. The first-order chi connectivity index (χ1) is 12.7. The average Bonchev–Trinajstić information content (AvgIpc) is 2.84. The van der Waals surface area contributed by atoms with Gasteiger partial charge in [-0.05, 0) is 63.0 Å². The number of thiocarbonyl (C=S) groups is 1. The first kappa shape index (κ1) is 20.9. The number of aromatic nitrogens is 2. The van der Waals surface area contributed by atoms with Gasteiger partial charge in [0.15, 0.2) is 5.11 Å². The van der Waals surface area contributed by atoms with E-state index in [2.05, 4.69) is 35.1 Å². The van der Waals surface area contributed by atoms with E-state index in [1.807, 2.05) is 50.6 Å². The van der Waals surface area contributed by atoms with E-state index in [1.54, 1.807) is 0 Å². The van der Waals surface area contributed by atoms with Crippen molar-refractivity contribution in [1.29, 1.82) is 0 Å². The van der Waals surface area contributed by atoms with Crippen molar-refractivity contribution in [3.63, 3.8) is 0 Å². The summed E-state index contributed by atoms with van der Waals surface area (Å²) in [6.07, 6.45) is 0.259. The Morgan fingerprint density at radius 2 is 1.89 bits per heavy atom. The summed E-state index contributed by atoms with van der Waals surface area (Å²) in [6, 6.07) is 5.96. The van der Waals surface area contributed by atoms with E-state index in [4.69, 9.17) is 12.2 Å². The number of carbonyl (C=O) groups is 1. The van der Waals surface area contributed by atoms with Crippen molar-refractivity contribution < 1.29 is 4.79 Å². The summed E-state index contributed by atoms with van der Waals surface area (Å²) < 4.78 is 1.97. The van der Waals surface area contributed by atoms with Gasteiger partial charge in [-0.15, -0.1) is 0 Å². The Labute approximate surface area is 166 Å². The van der Waals surface area contributed by atoms with E-state index in [-0.39, 0.29) is 12.3 Å². The normalized spacial score (nSPS) is 10.8. The Hall–Kier alpha value is -2.41. The lowest BCUT2D eigenvalue weighted by Crippen LogP contribution is -2.44. The molecule has 6 nitrogen and oxygen atoms in total. The van der Waals surface area contributed by atoms with Crippen LogP contribution in [-0.4, -0.2) is 20.8 Å². The molecule has 0 aliphatic heterocycles. The van der Waals surface area contributed by atoms with Crippen molar-refractivity contribution in [2.24, 2.45) is 5.92 Å². The molecule has 1 heterocycles. The van der Waals surface area contributed by atoms with E-state index in [0.717, 1.165) is 34.7 Å². The van der Waals surface area contributed by atoms with Gasteiger partial charge >= 0.3 is 0 Å². The zero-order chi connectivity index (χ0) is 20.1. The minimum atomic E-state index is -0.157. The first-order valence-electron chi connectivity index (χ1n) is 9.14. The van der Waals surface area contributed by atoms with Crippen LogP contribution in [0.2, 0.25) is 0 Å². The summed E-state index contributed by atoms with van der Waals surface area (Å²) in [5.41, 5.74) is 11.5. The van der Waals surface area contributed by atoms with Crippen molar-refractivity contribution in [3.05, 3.63) is 46.3 Å². The Morgan fingerprint density at radius 1 is 1.19 bits per heavy atom. The zero-order valence-electron chi connectivity index (χ0n) is 16.9. The van der Waals surface area contributed by atoms with Gasteiger partial charge in [0.1, 0.15) is 0 Å². The molecule has 1 amide bonds. The Kier molecular flexibility index (Phi) is 6.96. The minimum absolute atomic E-state index is 0.157. The molecule has 0 atom stereocenters. The summed E-state index contributed by atoms with van der Waals surface area (Å²) in [7, 11) is 0. The van der Waals surface area contributed by atoms with Crippen molar-refractivity contribution >= 4 is 28.9 Å². The highest BCUT2D eigenvalue weighted by Gasteiger charge is 2.15. The van der Waals surface area contributed by atoms with Crippen LogP contribution in [0.5, 0.6) is 0 Å². The molecule has 7 heteroatoms. The number of benzene rings is 1. The minimum Gasteiger partial charge on any atom is -0.331 e. The topological polar surface area (TPSA) is 71.0 Å². The van der Waals surface area contributed by atoms with Crippen LogP contribution < -0.4 is 16.2 Å². The Morgan fingerprint density at radius 3 is 2.56 bits per heavy atom. The lowest BCUT2D eigenvalue weighted by atomic mass is 10.1. The summed E-state index contributed by atoms with van der Waals surface area (Å²) in [5.74, 6) is 0.343. The SMILES string of the molecule is Cc1cccc(NC(=S)NNC(=O)Cc2c(C)nn(CC(C)C)c2C)c1C. The maximum atomic E-state index is 12.3. The van der Waals surface area contributed by atoms with E-state index in [0.29, 0.717) is 11.0 Å². The van der Waals surface area contributed by atoms with Gasteiger partial charge in [0.25, 0.3) is 0 Å². The molecule has 0 bridgehead atoms. The highest BCUT2D eigenvalue weighted by atomic mass is 32.1. The van der Waals surface area contributed by atoms with E-state index >= 15 is 0 Å². The average molecular weight is 388 g/mol. The van der Waals surface area contributed by atoms with Gasteiger partial charge in [0, 0.05) is 23.5 Å². The van der Waals surface area contributed by atoms with Crippen molar-refractivity contribution in [2.75, 3.05) is 5.32 Å². The molecule has 0 radical (unpaired) electrons. The van der Waals surface area contributed by atoms with Crippen molar-refractivity contribution in [2.45, 2.75) is 54.5 Å². The quantitative estimate of drug-likeness (QED) is 0.542. The molecule has 0 fully saturated rings. The van der Waals surface area contributed by atoms with Gasteiger partial charge in [-0.25, -0.2) is 0 Å². The molecule has 1 aromatic heterocycles. The molecular weight excluding hydrogens is 358 g/mol. The van der Waals surface area contributed by atoms with Gasteiger partial charge in [-0.1, -0.05) is 26.0 Å². The maximum Gasteiger partial charge on any atom is 0.242 e. The molecule has 0 aliphatic carbocycles. The monoisotopic (exact) mass is 387 g/mol. The standard InChI is InChI=1S/C20H29N5OS/c1-12(2)11-25-16(6)17(15(5)24-25)10-19(26)22-23-20(27)21-18-9-7-8-13(3)14(18)4/h7-9,12H,10-11H2,1-6H3,(H,22,26)(H2,21,23,27). The fourth-order valence-corrected chi connectivity index (χ4v) is 3.05. The predicted molar refractivity (Wildman–Crippen MR) is 114 cm³/mol. The molecule has 2 aromatic rings. The first-order valence-corrected chi connectivity index (χ1v) is 9.54. The number of aryl methyl sites for hydroxylation is 2. The number of carbonyl (C=O) groups excluding carboxylic acids is 1. The molecule has 0 spiro atoms. The fraction of sp³-hybridized carbons (Fsp3) is 0.450. The number of hydrogen-bond donors (Lipinski definition) is 3. The van der Waals surface area contributed by atoms with Crippen LogP contribution in [0.15, 0.2) is 18.2 Å². The maximum absolute atomic E-state index is 12.3. The third kappa shape index (κ3) is 5.53. The molecule has 146 valence electrons. The second-order valence-electron chi connectivity index (χ2n) is 7.28. The fourth-order valence-electron chi connectivity index (χ4n) is 2.88. The van der Waals surface area contributed by atoms with Gasteiger partial charge in [-0.2, -0.15) is 5.10 Å². The van der Waals surface area contributed by atoms with Crippen molar-refractivity contribution in [3.8, 4) is 0 Å². The number of hydrogen-bond acceptors (Lipinski definition) is 3.